The summed E-state index contributed by atoms with van der Waals surface area (Å²) in [6.07, 6.45) is 9.67. The number of nitrogens with zero attached hydrogens (tertiary/aromatic N) is 2. The van der Waals surface area contributed by atoms with Crippen LogP contribution >= 0.6 is 11.8 Å². The highest BCUT2D eigenvalue weighted by Gasteiger charge is 2.39. The molecule has 3 rings (SSSR count). The van der Waals surface area contributed by atoms with Crippen molar-refractivity contribution in [3.05, 3.63) is 0 Å². The fourth-order valence-electron chi connectivity index (χ4n) is 4.08. The second-order valence-electron chi connectivity index (χ2n) is 7.13. The van der Waals surface area contributed by atoms with Gasteiger partial charge in [-0.2, -0.15) is 11.8 Å². The molecular weight excluding hydrogens is 292 g/mol. The van der Waals surface area contributed by atoms with Crippen LogP contribution in [-0.4, -0.2) is 61.1 Å². The Hall–Kier alpha value is -0.420. The minimum atomic E-state index is 0.384. The topological polar surface area (TPSA) is 39.7 Å². The smallest absolute Gasteiger partial charge is 0.191 e. The Morgan fingerprint density at radius 3 is 2.45 bits per heavy atom. The van der Waals surface area contributed by atoms with Gasteiger partial charge in [0.25, 0.3) is 0 Å². The van der Waals surface area contributed by atoms with Crippen molar-refractivity contribution < 1.29 is 0 Å². The quantitative estimate of drug-likeness (QED) is 0.601. The number of rotatable bonds is 5. The minimum Gasteiger partial charge on any atom is -0.356 e. The second-order valence-corrected chi connectivity index (χ2v) is 8.36. The van der Waals surface area contributed by atoms with Crippen LogP contribution in [0.4, 0.5) is 0 Å². The molecule has 2 N–H and O–H groups in total. The zero-order valence-corrected chi connectivity index (χ0v) is 14.9. The molecule has 3 aliphatic rings. The van der Waals surface area contributed by atoms with Gasteiger partial charge in [0.15, 0.2) is 5.96 Å². The van der Waals surface area contributed by atoms with Crippen molar-refractivity contribution >= 4 is 17.7 Å². The highest BCUT2D eigenvalue weighted by molar-refractivity contribution is 7.99. The second kappa shape index (κ2) is 7.91. The van der Waals surface area contributed by atoms with Gasteiger partial charge in [0.2, 0.25) is 0 Å². The minimum absolute atomic E-state index is 0.384. The lowest BCUT2D eigenvalue weighted by Crippen LogP contribution is -2.57. The van der Waals surface area contributed by atoms with E-state index < -0.39 is 0 Å². The number of thioether (sulfide) groups is 1. The summed E-state index contributed by atoms with van der Waals surface area (Å²) >= 11 is 2.11. The first kappa shape index (κ1) is 16.4. The van der Waals surface area contributed by atoms with Crippen molar-refractivity contribution in [1.82, 2.24) is 15.5 Å². The molecule has 0 aromatic carbocycles. The van der Waals surface area contributed by atoms with Crippen LogP contribution in [0.5, 0.6) is 0 Å². The maximum atomic E-state index is 4.43. The van der Waals surface area contributed by atoms with Crippen molar-refractivity contribution in [2.45, 2.75) is 50.5 Å². The zero-order valence-electron chi connectivity index (χ0n) is 14.1. The summed E-state index contributed by atoms with van der Waals surface area (Å²) in [7, 11) is 1.90. The molecule has 5 heteroatoms. The Morgan fingerprint density at radius 1 is 1.14 bits per heavy atom. The number of hydrogen-bond acceptors (Lipinski definition) is 3. The van der Waals surface area contributed by atoms with Crippen LogP contribution in [-0.2, 0) is 0 Å². The van der Waals surface area contributed by atoms with E-state index in [1.807, 2.05) is 7.05 Å². The van der Waals surface area contributed by atoms with Crippen LogP contribution in [0.25, 0.3) is 0 Å². The summed E-state index contributed by atoms with van der Waals surface area (Å²) in [6.45, 7) is 4.68. The molecule has 22 heavy (non-hydrogen) atoms. The average Bonchev–Trinajstić information content (AvgIpc) is 3.00. The van der Waals surface area contributed by atoms with Gasteiger partial charge in [0, 0.05) is 50.3 Å². The van der Waals surface area contributed by atoms with Crippen molar-refractivity contribution in [2.24, 2.45) is 10.9 Å². The molecule has 0 radical (unpaired) electrons. The van der Waals surface area contributed by atoms with Crippen LogP contribution in [0.1, 0.15) is 44.9 Å². The maximum absolute atomic E-state index is 4.43. The SMILES string of the molecule is CN=C(NCC1CCC1)NCC1(N2CCSCC2)CCCC1. The Balaban J connectivity index is 1.51. The van der Waals surface area contributed by atoms with E-state index in [9.17, 15) is 0 Å². The molecule has 2 saturated carbocycles. The molecule has 2 aliphatic carbocycles. The molecule has 1 aliphatic heterocycles. The molecule has 0 unspecified atom stereocenters. The highest BCUT2D eigenvalue weighted by Crippen LogP contribution is 2.36. The lowest BCUT2D eigenvalue weighted by molar-refractivity contribution is 0.107. The summed E-state index contributed by atoms with van der Waals surface area (Å²) in [5, 5.41) is 7.18. The number of hydrogen-bond donors (Lipinski definition) is 2. The fourth-order valence-corrected chi connectivity index (χ4v) is 4.99. The first-order valence-electron chi connectivity index (χ1n) is 9.10. The van der Waals surface area contributed by atoms with Crippen molar-refractivity contribution in [1.29, 1.82) is 0 Å². The van der Waals surface area contributed by atoms with Crippen LogP contribution < -0.4 is 10.6 Å². The lowest BCUT2D eigenvalue weighted by Gasteiger charge is -2.43. The van der Waals surface area contributed by atoms with Crippen molar-refractivity contribution in [3.63, 3.8) is 0 Å². The molecule has 0 spiro atoms. The Morgan fingerprint density at radius 2 is 1.86 bits per heavy atom. The Labute approximate surface area is 139 Å². The monoisotopic (exact) mass is 324 g/mol. The predicted octanol–water partition coefficient (Wildman–Crippen LogP) is 2.31. The van der Waals surface area contributed by atoms with Crippen molar-refractivity contribution in [2.75, 3.05) is 44.7 Å². The van der Waals surface area contributed by atoms with Crippen LogP contribution in [0, 0.1) is 5.92 Å². The predicted molar refractivity (Wildman–Crippen MR) is 96.8 cm³/mol. The molecule has 4 nitrogen and oxygen atoms in total. The molecular formula is C17H32N4S. The fraction of sp³-hybridized carbons (Fsp3) is 0.941. The third-order valence-electron chi connectivity index (χ3n) is 5.81. The van der Waals surface area contributed by atoms with Gasteiger partial charge in [-0.3, -0.25) is 9.89 Å². The first-order valence-corrected chi connectivity index (χ1v) is 10.3. The van der Waals surface area contributed by atoms with Gasteiger partial charge < -0.3 is 10.6 Å². The van der Waals surface area contributed by atoms with Gasteiger partial charge in [-0.25, -0.2) is 0 Å². The van der Waals surface area contributed by atoms with E-state index in [0.717, 1.165) is 25.0 Å². The maximum Gasteiger partial charge on any atom is 0.191 e. The number of guanidine groups is 1. The molecule has 1 saturated heterocycles. The molecule has 0 bridgehead atoms. The van der Waals surface area contributed by atoms with E-state index in [0.29, 0.717) is 5.54 Å². The summed E-state index contributed by atoms with van der Waals surface area (Å²) in [5.41, 5.74) is 0.384. The molecule has 0 aromatic heterocycles. The summed E-state index contributed by atoms with van der Waals surface area (Å²) in [5.74, 6) is 4.48. The highest BCUT2D eigenvalue weighted by atomic mass is 32.2. The molecule has 126 valence electrons. The van der Waals surface area contributed by atoms with Crippen LogP contribution in [0.3, 0.4) is 0 Å². The first-order chi connectivity index (χ1) is 10.8. The molecule has 0 aromatic rings. The van der Waals surface area contributed by atoms with Crippen LogP contribution in [0.15, 0.2) is 4.99 Å². The lowest BCUT2D eigenvalue weighted by atomic mass is 9.85. The molecule has 3 fully saturated rings. The van der Waals surface area contributed by atoms with Gasteiger partial charge in [-0.1, -0.05) is 19.3 Å². The van der Waals surface area contributed by atoms with E-state index in [1.165, 1.54) is 69.5 Å². The summed E-state index contributed by atoms with van der Waals surface area (Å²) < 4.78 is 0. The van der Waals surface area contributed by atoms with E-state index in [4.69, 9.17) is 0 Å². The Kier molecular flexibility index (Phi) is 5.91. The van der Waals surface area contributed by atoms with Crippen LogP contribution in [0.2, 0.25) is 0 Å². The van der Waals surface area contributed by atoms with E-state index in [-0.39, 0.29) is 0 Å². The third-order valence-corrected chi connectivity index (χ3v) is 6.75. The zero-order chi connectivity index (χ0) is 15.3. The third kappa shape index (κ3) is 3.91. The molecule has 0 amide bonds. The summed E-state index contributed by atoms with van der Waals surface area (Å²) in [4.78, 5) is 7.19. The number of nitrogens with one attached hydrogen (secondary N) is 2. The van der Waals surface area contributed by atoms with Gasteiger partial charge in [-0.15, -0.1) is 0 Å². The van der Waals surface area contributed by atoms with E-state index in [1.54, 1.807) is 0 Å². The molecule has 0 atom stereocenters. The normalized spacial score (nSPS) is 26.7. The standard InChI is InChI=1S/C17H32N4S/c1-18-16(19-13-15-5-4-6-15)20-14-17(7-2-3-8-17)21-9-11-22-12-10-21/h15H,2-14H2,1H3,(H2,18,19,20). The summed E-state index contributed by atoms with van der Waals surface area (Å²) in [6, 6.07) is 0. The van der Waals surface area contributed by atoms with Gasteiger partial charge in [-0.05, 0) is 31.6 Å². The van der Waals surface area contributed by atoms with E-state index in [2.05, 4.69) is 32.3 Å². The van der Waals surface area contributed by atoms with Gasteiger partial charge >= 0.3 is 0 Å². The largest absolute Gasteiger partial charge is 0.356 e. The van der Waals surface area contributed by atoms with Gasteiger partial charge in [0.05, 0.1) is 0 Å². The molecule has 1 heterocycles. The van der Waals surface area contributed by atoms with Gasteiger partial charge in [0.1, 0.15) is 0 Å². The van der Waals surface area contributed by atoms with E-state index >= 15 is 0 Å². The number of aliphatic imine (C=N–C) groups is 1. The average molecular weight is 325 g/mol. The van der Waals surface area contributed by atoms with Crippen molar-refractivity contribution in [3.8, 4) is 0 Å². The Bertz CT molecular complexity index is 369.